The summed E-state index contributed by atoms with van der Waals surface area (Å²) in [4.78, 5) is 0. The quantitative estimate of drug-likeness (QED) is 0.685. The minimum atomic E-state index is 0.909. The number of nitrogens with one attached hydrogen (secondary N) is 2. The Morgan fingerprint density at radius 3 is 2.50 bits per heavy atom. The van der Waals surface area contributed by atoms with Crippen LogP contribution < -0.4 is 16.4 Å². The lowest BCUT2D eigenvalue weighted by atomic mass is 9.88. The summed E-state index contributed by atoms with van der Waals surface area (Å²) in [6, 6.07) is 2.14. The van der Waals surface area contributed by atoms with Gasteiger partial charge in [-0.1, -0.05) is 0 Å². The molecule has 0 heterocycles. The Bertz CT molecular complexity index is 385. The van der Waals surface area contributed by atoms with E-state index in [0.29, 0.717) is 0 Å². The molecule has 0 saturated carbocycles. The monoisotopic (exact) mass is 219 g/mol. The van der Waals surface area contributed by atoms with Gasteiger partial charge in [0, 0.05) is 19.3 Å². The molecule has 3 heteroatoms. The highest BCUT2D eigenvalue weighted by molar-refractivity contribution is 5.79. The molecule has 4 N–H and O–H groups in total. The summed E-state index contributed by atoms with van der Waals surface area (Å²) >= 11 is 0. The summed E-state index contributed by atoms with van der Waals surface area (Å²) < 4.78 is 0. The van der Waals surface area contributed by atoms with Crippen LogP contribution in [0.4, 0.5) is 17.1 Å². The molecule has 0 radical (unpaired) electrons. The minimum absolute atomic E-state index is 0.909. The van der Waals surface area contributed by atoms with Crippen LogP contribution in [0.15, 0.2) is 6.07 Å². The van der Waals surface area contributed by atoms with Crippen molar-refractivity contribution in [3.05, 3.63) is 17.2 Å². The van der Waals surface area contributed by atoms with E-state index < -0.39 is 0 Å². The SMILES string of the molecule is CCNc1cc(NC)c2c(c1N)CCCC2. The lowest BCUT2D eigenvalue weighted by Gasteiger charge is -2.23. The molecule has 16 heavy (non-hydrogen) atoms. The molecule has 0 spiro atoms. The Morgan fingerprint density at radius 2 is 1.88 bits per heavy atom. The first-order valence-electron chi connectivity index (χ1n) is 6.13. The van der Waals surface area contributed by atoms with Gasteiger partial charge in [0.2, 0.25) is 0 Å². The van der Waals surface area contributed by atoms with Crippen molar-refractivity contribution in [3.63, 3.8) is 0 Å². The second-order valence-corrected chi connectivity index (χ2v) is 4.33. The van der Waals surface area contributed by atoms with Gasteiger partial charge >= 0.3 is 0 Å². The second-order valence-electron chi connectivity index (χ2n) is 4.33. The van der Waals surface area contributed by atoms with Crippen molar-refractivity contribution in [1.29, 1.82) is 0 Å². The van der Waals surface area contributed by atoms with E-state index >= 15 is 0 Å². The van der Waals surface area contributed by atoms with Crippen LogP contribution in [-0.2, 0) is 12.8 Å². The topological polar surface area (TPSA) is 50.1 Å². The first kappa shape index (κ1) is 11.1. The maximum absolute atomic E-state index is 6.22. The molecule has 1 aromatic carbocycles. The molecule has 0 atom stereocenters. The Balaban J connectivity index is 2.51. The predicted molar refractivity (Wildman–Crippen MR) is 71.2 cm³/mol. The Kier molecular flexibility index (Phi) is 3.22. The number of anilines is 3. The van der Waals surface area contributed by atoms with Crippen molar-refractivity contribution < 1.29 is 0 Å². The van der Waals surface area contributed by atoms with Gasteiger partial charge in [0.05, 0.1) is 11.4 Å². The van der Waals surface area contributed by atoms with E-state index in [1.54, 1.807) is 0 Å². The predicted octanol–water partition coefficient (Wildman–Crippen LogP) is 2.62. The lowest BCUT2D eigenvalue weighted by molar-refractivity contribution is 0.688. The summed E-state index contributed by atoms with van der Waals surface area (Å²) in [7, 11) is 1.98. The van der Waals surface area contributed by atoms with E-state index in [4.69, 9.17) is 5.73 Å². The van der Waals surface area contributed by atoms with Crippen LogP contribution in [0.3, 0.4) is 0 Å². The van der Waals surface area contributed by atoms with Crippen molar-refractivity contribution in [1.82, 2.24) is 0 Å². The summed E-state index contributed by atoms with van der Waals surface area (Å²) in [5.41, 5.74) is 12.3. The van der Waals surface area contributed by atoms with Gasteiger partial charge in [-0.15, -0.1) is 0 Å². The molecule has 0 saturated heterocycles. The van der Waals surface area contributed by atoms with Crippen molar-refractivity contribution in [2.75, 3.05) is 30.0 Å². The molecule has 0 amide bonds. The fraction of sp³-hybridized carbons (Fsp3) is 0.538. The minimum Gasteiger partial charge on any atom is -0.397 e. The number of nitrogens with two attached hydrogens (primary N) is 1. The van der Waals surface area contributed by atoms with Crippen LogP contribution in [0.1, 0.15) is 30.9 Å². The molecule has 88 valence electrons. The van der Waals surface area contributed by atoms with Crippen LogP contribution in [0.5, 0.6) is 0 Å². The molecule has 0 fully saturated rings. The van der Waals surface area contributed by atoms with Gasteiger partial charge in [-0.25, -0.2) is 0 Å². The number of hydrogen-bond acceptors (Lipinski definition) is 3. The number of nitrogen functional groups attached to an aromatic ring is 1. The standard InChI is InChI=1S/C13H21N3/c1-3-16-12-8-11(15-2)9-6-4-5-7-10(9)13(12)14/h8,15-16H,3-7,14H2,1-2H3. The van der Waals surface area contributed by atoms with E-state index in [9.17, 15) is 0 Å². The van der Waals surface area contributed by atoms with Gasteiger partial charge in [-0.2, -0.15) is 0 Å². The zero-order valence-electron chi connectivity index (χ0n) is 10.2. The van der Waals surface area contributed by atoms with Crippen LogP contribution >= 0.6 is 0 Å². The zero-order chi connectivity index (χ0) is 11.5. The smallest absolute Gasteiger partial charge is 0.0597 e. The lowest BCUT2D eigenvalue weighted by Crippen LogP contribution is -2.12. The molecule has 2 rings (SSSR count). The third-order valence-electron chi connectivity index (χ3n) is 3.33. The fourth-order valence-electron chi connectivity index (χ4n) is 2.53. The van der Waals surface area contributed by atoms with Crippen LogP contribution in [0.2, 0.25) is 0 Å². The first-order chi connectivity index (χ1) is 7.77. The van der Waals surface area contributed by atoms with E-state index in [1.807, 2.05) is 7.05 Å². The van der Waals surface area contributed by atoms with Crippen molar-refractivity contribution >= 4 is 17.1 Å². The summed E-state index contributed by atoms with van der Waals surface area (Å²) in [6.45, 7) is 3.00. The van der Waals surface area contributed by atoms with Crippen molar-refractivity contribution in [2.45, 2.75) is 32.6 Å². The Morgan fingerprint density at radius 1 is 1.19 bits per heavy atom. The molecule has 1 aliphatic rings. The highest BCUT2D eigenvalue weighted by Crippen LogP contribution is 2.37. The molecule has 1 aromatic rings. The van der Waals surface area contributed by atoms with E-state index in [0.717, 1.165) is 30.8 Å². The van der Waals surface area contributed by atoms with E-state index in [1.165, 1.54) is 29.7 Å². The molecular weight excluding hydrogens is 198 g/mol. The Hall–Kier alpha value is -1.38. The maximum atomic E-state index is 6.22. The highest BCUT2D eigenvalue weighted by atomic mass is 14.9. The van der Waals surface area contributed by atoms with Crippen molar-refractivity contribution in [2.24, 2.45) is 0 Å². The normalized spacial score (nSPS) is 14.4. The van der Waals surface area contributed by atoms with E-state index in [-0.39, 0.29) is 0 Å². The van der Waals surface area contributed by atoms with Crippen LogP contribution in [0, 0.1) is 0 Å². The van der Waals surface area contributed by atoms with Gasteiger partial charge < -0.3 is 16.4 Å². The maximum Gasteiger partial charge on any atom is 0.0597 e. The Labute approximate surface area is 97.4 Å². The number of rotatable bonds is 3. The third kappa shape index (κ3) is 1.82. The molecule has 1 aliphatic carbocycles. The van der Waals surface area contributed by atoms with Gasteiger partial charge in [0.15, 0.2) is 0 Å². The number of benzene rings is 1. The van der Waals surface area contributed by atoms with E-state index in [2.05, 4.69) is 23.6 Å². The van der Waals surface area contributed by atoms with Gasteiger partial charge in [-0.3, -0.25) is 0 Å². The average Bonchev–Trinajstić information content (AvgIpc) is 2.33. The van der Waals surface area contributed by atoms with Crippen molar-refractivity contribution in [3.8, 4) is 0 Å². The summed E-state index contributed by atoms with van der Waals surface area (Å²) in [5.74, 6) is 0. The van der Waals surface area contributed by atoms with Gasteiger partial charge in [0.25, 0.3) is 0 Å². The number of hydrogen-bond donors (Lipinski definition) is 3. The highest BCUT2D eigenvalue weighted by Gasteiger charge is 2.18. The van der Waals surface area contributed by atoms with Crippen LogP contribution in [-0.4, -0.2) is 13.6 Å². The van der Waals surface area contributed by atoms with Gasteiger partial charge in [-0.05, 0) is 49.8 Å². The zero-order valence-corrected chi connectivity index (χ0v) is 10.2. The first-order valence-corrected chi connectivity index (χ1v) is 6.13. The molecule has 3 nitrogen and oxygen atoms in total. The average molecular weight is 219 g/mol. The molecule has 0 unspecified atom stereocenters. The molecule has 0 aliphatic heterocycles. The van der Waals surface area contributed by atoms with Gasteiger partial charge in [0.1, 0.15) is 0 Å². The number of fused-ring (bicyclic) bond motifs is 1. The summed E-state index contributed by atoms with van der Waals surface area (Å²) in [5, 5.41) is 6.62. The molecule has 0 bridgehead atoms. The van der Waals surface area contributed by atoms with Crippen LogP contribution in [0.25, 0.3) is 0 Å². The fourth-order valence-corrected chi connectivity index (χ4v) is 2.53. The summed E-state index contributed by atoms with van der Waals surface area (Å²) in [6.07, 6.45) is 4.81. The molecule has 0 aromatic heterocycles. The second kappa shape index (κ2) is 4.64. The largest absolute Gasteiger partial charge is 0.397 e. The molecular formula is C13H21N3. The third-order valence-corrected chi connectivity index (χ3v) is 3.33.